The highest BCUT2D eigenvalue weighted by atomic mass is 32.1. The Balaban J connectivity index is 2.15. The first-order valence-electron chi connectivity index (χ1n) is 12.8. The van der Waals surface area contributed by atoms with Gasteiger partial charge in [-0.15, -0.1) is 0 Å². The van der Waals surface area contributed by atoms with Crippen LogP contribution in [0.2, 0.25) is 0 Å². The van der Waals surface area contributed by atoms with E-state index in [1.54, 1.807) is 48.5 Å². The first-order valence-corrected chi connectivity index (χ1v) is 13.6. The van der Waals surface area contributed by atoms with Gasteiger partial charge in [0.2, 0.25) is 5.91 Å². The zero-order valence-electron chi connectivity index (χ0n) is 22.6. The zero-order chi connectivity index (χ0) is 28.5. The number of rotatable bonds is 13. The minimum atomic E-state index is -1.07. The van der Waals surface area contributed by atoms with E-state index in [1.807, 2.05) is 13.8 Å². The summed E-state index contributed by atoms with van der Waals surface area (Å²) in [6, 6.07) is 12.7. The highest BCUT2D eigenvalue weighted by molar-refractivity contribution is 7.09. The maximum Gasteiger partial charge on any atom is 0.273 e. The number of nitrogen functional groups attached to an aromatic ring is 1. The quantitative estimate of drug-likeness (QED) is 0.287. The summed E-state index contributed by atoms with van der Waals surface area (Å²) in [6.07, 6.45) is 0.766. The first-order chi connectivity index (χ1) is 18.7. The molecule has 0 fully saturated rings. The number of nitrogens with one attached hydrogen (secondary N) is 1. The Labute approximate surface area is 232 Å². The monoisotopic (exact) mass is 553 g/mol. The van der Waals surface area contributed by atoms with E-state index in [2.05, 4.69) is 23.5 Å². The van der Waals surface area contributed by atoms with E-state index < -0.39 is 17.9 Å². The molecule has 0 spiro atoms. The smallest absolute Gasteiger partial charge is 0.273 e. The van der Waals surface area contributed by atoms with E-state index in [0.29, 0.717) is 48.4 Å². The van der Waals surface area contributed by atoms with Crippen LogP contribution in [0.1, 0.15) is 65.9 Å². The minimum Gasteiger partial charge on any atom is -0.494 e. The molecule has 208 valence electrons. The highest BCUT2D eigenvalue weighted by Crippen LogP contribution is 2.34. The number of nitrogens with two attached hydrogens (primary N) is 2. The molecular formula is C28H35N5O5S. The summed E-state index contributed by atoms with van der Waals surface area (Å²) in [5, 5.41) is 2.97. The molecule has 0 aliphatic heterocycles. The molecule has 0 radical (unpaired) electrons. The molecule has 3 aromatic rings. The van der Waals surface area contributed by atoms with Crippen LogP contribution >= 0.6 is 11.5 Å². The molecular weight excluding hydrogens is 518 g/mol. The fourth-order valence-electron chi connectivity index (χ4n) is 3.90. The summed E-state index contributed by atoms with van der Waals surface area (Å²) in [5.74, 6) is -0.190. The standard InChI is InChI=1S/C28H35N5O5S/c1-5-37-20-11-7-18(8-12-20)24(27(35)31-16-15-17(3)4)33(19-9-13-21(14-10-19)38-6-2)28(36)25-22(29)23(26(30)34)32-39-25/h7-14,17,24H,5-6,15-16,29H2,1-4H3,(H2,30,34)(H,31,35)/t24-/m0/s1. The van der Waals surface area contributed by atoms with Gasteiger partial charge in [-0.1, -0.05) is 26.0 Å². The maximum atomic E-state index is 14.1. The summed E-state index contributed by atoms with van der Waals surface area (Å²) in [7, 11) is 0. The van der Waals surface area contributed by atoms with Gasteiger partial charge >= 0.3 is 0 Å². The van der Waals surface area contributed by atoms with Crippen molar-refractivity contribution < 1.29 is 23.9 Å². The number of hydrogen-bond acceptors (Lipinski definition) is 8. The van der Waals surface area contributed by atoms with Crippen molar-refractivity contribution in [2.45, 2.75) is 40.2 Å². The van der Waals surface area contributed by atoms with Gasteiger partial charge in [0.15, 0.2) is 5.69 Å². The highest BCUT2D eigenvalue weighted by Gasteiger charge is 2.36. The number of primary amides is 1. The second-order valence-corrected chi connectivity index (χ2v) is 9.89. The van der Waals surface area contributed by atoms with Gasteiger partial charge in [-0.2, -0.15) is 4.37 Å². The van der Waals surface area contributed by atoms with E-state index in [1.165, 1.54) is 4.90 Å². The SMILES string of the molecule is CCOc1ccc([C@@H](C(=O)NCCC(C)C)N(C(=O)c2snc(C(N)=O)c2N)c2ccc(OCC)cc2)cc1. The second-order valence-electron chi connectivity index (χ2n) is 9.12. The number of aromatic nitrogens is 1. The van der Waals surface area contributed by atoms with Gasteiger partial charge in [0.25, 0.3) is 11.8 Å². The summed E-state index contributed by atoms with van der Waals surface area (Å²) in [4.78, 5) is 41.0. The van der Waals surface area contributed by atoms with E-state index >= 15 is 0 Å². The van der Waals surface area contributed by atoms with Crippen LogP contribution in [-0.2, 0) is 4.79 Å². The number of carbonyl (C=O) groups is 3. The Hall–Kier alpha value is -4.12. The van der Waals surface area contributed by atoms with Gasteiger partial charge < -0.3 is 26.3 Å². The third kappa shape index (κ3) is 7.26. The third-order valence-corrected chi connectivity index (χ3v) is 6.69. The fraction of sp³-hybridized carbons (Fsp3) is 0.357. The topological polar surface area (TPSA) is 150 Å². The summed E-state index contributed by atoms with van der Waals surface area (Å²) in [5.41, 5.74) is 12.2. The molecule has 1 heterocycles. The Bertz CT molecular complexity index is 1270. The van der Waals surface area contributed by atoms with Gasteiger partial charge in [-0.3, -0.25) is 19.3 Å². The number of hydrogen-bond donors (Lipinski definition) is 3. The first kappa shape index (κ1) is 29.4. The lowest BCUT2D eigenvalue weighted by molar-refractivity contribution is -0.122. The van der Waals surface area contributed by atoms with E-state index in [4.69, 9.17) is 20.9 Å². The molecule has 10 nitrogen and oxygen atoms in total. The molecule has 0 saturated heterocycles. The number of anilines is 2. The van der Waals surface area contributed by atoms with Crippen molar-refractivity contribution in [3.8, 4) is 11.5 Å². The number of amides is 3. The number of benzene rings is 2. The molecule has 1 aromatic heterocycles. The molecule has 2 aromatic carbocycles. The van der Waals surface area contributed by atoms with Crippen molar-refractivity contribution in [3.05, 3.63) is 64.7 Å². The molecule has 5 N–H and O–H groups in total. The van der Waals surface area contributed by atoms with Crippen LogP contribution in [0.4, 0.5) is 11.4 Å². The van der Waals surface area contributed by atoms with Crippen LogP contribution in [0.25, 0.3) is 0 Å². The average molecular weight is 554 g/mol. The normalized spacial score (nSPS) is 11.6. The van der Waals surface area contributed by atoms with Gasteiger partial charge in [0.1, 0.15) is 22.4 Å². The van der Waals surface area contributed by atoms with Crippen LogP contribution < -0.4 is 31.2 Å². The third-order valence-electron chi connectivity index (χ3n) is 5.83. The van der Waals surface area contributed by atoms with Gasteiger partial charge in [-0.25, -0.2) is 0 Å². The van der Waals surface area contributed by atoms with Crippen LogP contribution in [-0.4, -0.2) is 41.9 Å². The summed E-state index contributed by atoms with van der Waals surface area (Å²) in [6.45, 7) is 9.28. The van der Waals surface area contributed by atoms with Crippen LogP contribution in [0, 0.1) is 5.92 Å². The lowest BCUT2D eigenvalue weighted by Crippen LogP contribution is -2.44. The molecule has 3 amide bonds. The zero-order valence-corrected chi connectivity index (χ0v) is 23.4. The number of carbonyl (C=O) groups excluding carboxylic acids is 3. The van der Waals surface area contributed by atoms with Crippen LogP contribution in [0.5, 0.6) is 11.5 Å². The van der Waals surface area contributed by atoms with Crippen molar-refractivity contribution in [1.29, 1.82) is 0 Å². The Kier molecular flexibility index (Phi) is 10.3. The summed E-state index contributed by atoms with van der Waals surface area (Å²) >= 11 is 0.759. The Morgan fingerprint density at radius 3 is 2.03 bits per heavy atom. The number of ether oxygens (including phenoxy) is 2. The van der Waals surface area contributed by atoms with Crippen molar-refractivity contribution >= 4 is 40.6 Å². The molecule has 3 rings (SSSR count). The van der Waals surface area contributed by atoms with Gasteiger partial charge in [0, 0.05) is 12.2 Å². The molecule has 0 aliphatic rings. The van der Waals surface area contributed by atoms with Gasteiger partial charge in [0.05, 0.1) is 18.9 Å². The van der Waals surface area contributed by atoms with Crippen LogP contribution in [0.3, 0.4) is 0 Å². The predicted octanol–water partition coefficient (Wildman–Crippen LogP) is 4.17. The molecule has 11 heteroatoms. The molecule has 0 bridgehead atoms. The van der Waals surface area contributed by atoms with Crippen molar-refractivity contribution in [2.75, 3.05) is 30.4 Å². The Morgan fingerprint density at radius 1 is 0.974 bits per heavy atom. The number of nitrogens with zero attached hydrogens (tertiary/aromatic N) is 2. The molecule has 0 saturated carbocycles. The van der Waals surface area contributed by atoms with E-state index in [9.17, 15) is 14.4 Å². The lowest BCUT2D eigenvalue weighted by atomic mass is 10.0. The molecule has 1 atom stereocenters. The molecule has 0 unspecified atom stereocenters. The average Bonchev–Trinajstić information content (AvgIpc) is 3.30. The fourth-order valence-corrected chi connectivity index (χ4v) is 4.65. The van der Waals surface area contributed by atoms with E-state index in [-0.39, 0.29) is 22.2 Å². The maximum absolute atomic E-state index is 14.1. The second kappa shape index (κ2) is 13.6. The van der Waals surface area contributed by atoms with Crippen LogP contribution in [0.15, 0.2) is 48.5 Å². The van der Waals surface area contributed by atoms with Crippen molar-refractivity contribution in [1.82, 2.24) is 9.69 Å². The van der Waals surface area contributed by atoms with Crippen molar-refractivity contribution in [2.24, 2.45) is 11.7 Å². The van der Waals surface area contributed by atoms with Crippen molar-refractivity contribution in [3.63, 3.8) is 0 Å². The Morgan fingerprint density at radius 2 is 1.54 bits per heavy atom. The predicted molar refractivity (Wildman–Crippen MR) is 152 cm³/mol. The van der Waals surface area contributed by atoms with Gasteiger partial charge in [-0.05, 0) is 79.7 Å². The lowest BCUT2D eigenvalue weighted by Gasteiger charge is -2.31. The summed E-state index contributed by atoms with van der Waals surface area (Å²) < 4.78 is 15.1. The minimum absolute atomic E-state index is 0.00333. The largest absolute Gasteiger partial charge is 0.494 e. The molecule has 0 aliphatic carbocycles. The van der Waals surface area contributed by atoms with E-state index in [0.717, 1.165) is 18.0 Å². The molecule has 39 heavy (non-hydrogen) atoms.